The van der Waals surface area contributed by atoms with Crippen molar-refractivity contribution in [2.75, 3.05) is 18.0 Å². The summed E-state index contributed by atoms with van der Waals surface area (Å²) in [5.74, 6) is 0.302. The zero-order valence-electron chi connectivity index (χ0n) is 10.3. The van der Waals surface area contributed by atoms with Crippen LogP contribution < -0.4 is 10.2 Å². The summed E-state index contributed by atoms with van der Waals surface area (Å²) in [7, 11) is 0. The van der Waals surface area contributed by atoms with Crippen LogP contribution in [-0.4, -0.2) is 30.1 Å². The Morgan fingerprint density at radius 1 is 1.39 bits per heavy atom. The molecule has 2 aliphatic rings. The van der Waals surface area contributed by atoms with Crippen LogP contribution in [0.1, 0.15) is 18.4 Å². The van der Waals surface area contributed by atoms with Gasteiger partial charge in [0.05, 0.1) is 18.6 Å². The predicted octanol–water partition coefficient (Wildman–Crippen LogP) is 0.894. The number of nitrogens with zero attached hydrogens (tertiary/aromatic N) is 1. The van der Waals surface area contributed by atoms with Gasteiger partial charge in [0.15, 0.2) is 0 Å². The van der Waals surface area contributed by atoms with Crippen molar-refractivity contribution in [2.24, 2.45) is 5.92 Å². The van der Waals surface area contributed by atoms with Gasteiger partial charge in [0.25, 0.3) is 0 Å². The number of carbonyl (C=O) groups excluding carboxylic acids is 1. The molecule has 2 aliphatic heterocycles. The van der Waals surface area contributed by atoms with Crippen molar-refractivity contribution in [3.05, 3.63) is 29.8 Å². The van der Waals surface area contributed by atoms with Gasteiger partial charge in [0.2, 0.25) is 5.91 Å². The lowest BCUT2D eigenvalue weighted by Gasteiger charge is -2.38. The van der Waals surface area contributed by atoms with Gasteiger partial charge in [-0.15, -0.1) is 0 Å². The fourth-order valence-corrected chi connectivity index (χ4v) is 3.18. The third-order valence-corrected chi connectivity index (χ3v) is 4.07. The number of hydrogen-bond acceptors (Lipinski definition) is 3. The average Bonchev–Trinajstić information content (AvgIpc) is 2.81. The van der Waals surface area contributed by atoms with Crippen molar-refractivity contribution in [1.29, 1.82) is 0 Å². The monoisotopic (exact) mass is 246 g/mol. The highest BCUT2D eigenvalue weighted by Crippen LogP contribution is 2.33. The molecule has 0 aromatic heterocycles. The third kappa shape index (κ3) is 1.77. The molecule has 2 heterocycles. The summed E-state index contributed by atoms with van der Waals surface area (Å²) >= 11 is 0. The quantitative estimate of drug-likeness (QED) is 0.815. The number of amides is 1. The fraction of sp³-hybridized carbons (Fsp3) is 0.500. The Kier molecular flexibility index (Phi) is 2.96. The van der Waals surface area contributed by atoms with Crippen LogP contribution in [0.25, 0.3) is 0 Å². The van der Waals surface area contributed by atoms with E-state index in [9.17, 15) is 9.90 Å². The standard InChI is InChI=1S/C14H18N2O2/c17-9-10-4-1-2-6-12(10)16-7-3-5-11-13(16)8-15-14(11)18/h1-2,4,6,11,13,17H,3,5,7-9H2,(H,15,18). The molecule has 1 aromatic rings. The lowest BCUT2D eigenvalue weighted by atomic mass is 9.90. The van der Waals surface area contributed by atoms with Crippen LogP contribution in [0.3, 0.4) is 0 Å². The SMILES string of the molecule is O=C1NCC2C1CCCN2c1ccccc1CO. The number of rotatable bonds is 2. The Bertz CT molecular complexity index is 461. The van der Waals surface area contributed by atoms with E-state index in [2.05, 4.69) is 10.2 Å². The highest BCUT2D eigenvalue weighted by molar-refractivity contribution is 5.83. The van der Waals surface area contributed by atoms with Gasteiger partial charge in [0, 0.05) is 24.3 Å². The molecule has 96 valence electrons. The van der Waals surface area contributed by atoms with Crippen molar-refractivity contribution >= 4 is 11.6 Å². The smallest absolute Gasteiger partial charge is 0.225 e. The van der Waals surface area contributed by atoms with E-state index in [-0.39, 0.29) is 24.5 Å². The summed E-state index contributed by atoms with van der Waals surface area (Å²) in [6.45, 7) is 1.74. The first-order valence-electron chi connectivity index (χ1n) is 6.54. The molecule has 2 N–H and O–H groups in total. The largest absolute Gasteiger partial charge is 0.392 e. The normalized spacial score (nSPS) is 26.9. The van der Waals surface area contributed by atoms with Crippen molar-refractivity contribution in [2.45, 2.75) is 25.5 Å². The molecule has 1 amide bonds. The maximum atomic E-state index is 11.8. The maximum Gasteiger partial charge on any atom is 0.225 e. The number of fused-ring (bicyclic) bond motifs is 1. The molecular weight excluding hydrogens is 228 g/mol. The fourth-order valence-electron chi connectivity index (χ4n) is 3.18. The molecule has 1 aromatic carbocycles. The number of aliphatic hydroxyl groups is 1. The number of nitrogens with one attached hydrogen (secondary N) is 1. The Morgan fingerprint density at radius 3 is 3.06 bits per heavy atom. The van der Waals surface area contributed by atoms with E-state index >= 15 is 0 Å². The second-order valence-corrected chi connectivity index (χ2v) is 5.04. The van der Waals surface area contributed by atoms with Crippen molar-refractivity contribution in [1.82, 2.24) is 5.32 Å². The van der Waals surface area contributed by atoms with Crippen molar-refractivity contribution in [3.8, 4) is 0 Å². The van der Waals surface area contributed by atoms with Crippen LogP contribution >= 0.6 is 0 Å². The molecule has 18 heavy (non-hydrogen) atoms. The lowest BCUT2D eigenvalue weighted by Crippen LogP contribution is -2.46. The molecule has 4 nitrogen and oxygen atoms in total. The Balaban J connectivity index is 1.93. The van der Waals surface area contributed by atoms with E-state index in [4.69, 9.17) is 0 Å². The first kappa shape index (κ1) is 11.5. The van der Waals surface area contributed by atoms with Gasteiger partial charge in [-0.05, 0) is 18.9 Å². The van der Waals surface area contributed by atoms with Gasteiger partial charge in [-0.25, -0.2) is 0 Å². The van der Waals surface area contributed by atoms with Crippen LogP contribution in [0.4, 0.5) is 5.69 Å². The Morgan fingerprint density at radius 2 is 2.22 bits per heavy atom. The van der Waals surface area contributed by atoms with E-state index in [0.29, 0.717) is 0 Å². The lowest BCUT2D eigenvalue weighted by molar-refractivity contribution is -0.122. The Hall–Kier alpha value is -1.55. The molecular formula is C14H18N2O2. The van der Waals surface area contributed by atoms with Gasteiger partial charge < -0.3 is 15.3 Å². The molecule has 0 bridgehead atoms. The highest BCUT2D eigenvalue weighted by atomic mass is 16.3. The first-order valence-corrected chi connectivity index (χ1v) is 6.54. The zero-order valence-corrected chi connectivity index (χ0v) is 10.3. The third-order valence-electron chi connectivity index (χ3n) is 4.07. The summed E-state index contributed by atoms with van der Waals surface area (Å²) in [5.41, 5.74) is 2.02. The second-order valence-electron chi connectivity index (χ2n) is 5.04. The number of carbonyl (C=O) groups is 1. The van der Waals surface area contributed by atoms with E-state index in [1.807, 2.05) is 24.3 Å². The number of piperidine rings is 1. The summed E-state index contributed by atoms with van der Waals surface area (Å²) in [6, 6.07) is 8.16. The minimum absolute atomic E-state index is 0.0471. The molecule has 0 spiro atoms. The molecule has 2 unspecified atom stereocenters. The van der Waals surface area contributed by atoms with E-state index in [1.165, 1.54) is 0 Å². The van der Waals surface area contributed by atoms with Crippen LogP contribution in [-0.2, 0) is 11.4 Å². The van der Waals surface area contributed by atoms with Gasteiger partial charge in [-0.2, -0.15) is 0 Å². The minimum atomic E-state index is 0.0471. The van der Waals surface area contributed by atoms with Crippen LogP contribution in [0.15, 0.2) is 24.3 Å². The average molecular weight is 246 g/mol. The second kappa shape index (κ2) is 4.61. The Labute approximate surface area is 107 Å². The van der Waals surface area contributed by atoms with Crippen LogP contribution in [0.5, 0.6) is 0 Å². The van der Waals surface area contributed by atoms with Gasteiger partial charge in [-0.3, -0.25) is 4.79 Å². The predicted molar refractivity (Wildman–Crippen MR) is 69.2 cm³/mol. The van der Waals surface area contributed by atoms with Gasteiger partial charge >= 0.3 is 0 Å². The van der Waals surface area contributed by atoms with Gasteiger partial charge in [-0.1, -0.05) is 18.2 Å². The first-order chi connectivity index (χ1) is 8.81. The highest BCUT2D eigenvalue weighted by Gasteiger charge is 2.41. The molecule has 2 atom stereocenters. The molecule has 3 rings (SSSR count). The molecule has 2 saturated heterocycles. The number of para-hydroxylation sites is 1. The van der Waals surface area contributed by atoms with E-state index in [1.54, 1.807) is 0 Å². The van der Waals surface area contributed by atoms with E-state index < -0.39 is 0 Å². The molecule has 4 heteroatoms. The maximum absolute atomic E-state index is 11.8. The summed E-state index contributed by atoms with van der Waals surface area (Å²) in [6.07, 6.45) is 2.02. The number of aliphatic hydroxyl groups excluding tert-OH is 1. The number of anilines is 1. The summed E-state index contributed by atoms with van der Waals surface area (Å²) < 4.78 is 0. The van der Waals surface area contributed by atoms with Crippen molar-refractivity contribution in [3.63, 3.8) is 0 Å². The van der Waals surface area contributed by atoms with Crippen molar-refractivity contribution < 1.29 is 9.90 Å². The van der Waals surface area contributed by atoms with Gasteiger partial charge in [0.1, 0.15) is 0 Å². The summed E-state index contributed by atoms with van der Waals surface area (Å²) in [5, 5.41) is 12.4. The summed E-state index contributed by atoms with van der Waals surface area (Å²) in [4.78, 5) is 14.0. The zero-order chi connectivity index (χ0) is 12.5. The number of hydrogen-bond donors (Lipinski definition) is 2. The molecule has 0 aliphatic carbocycles. The van der Waals surface area contributed by atoms with Crippen LogP contribution in [0, 0.1) is 5.92 Å². The molecule has 2 fully saturated rings. The molecule has 0 saturated carbocycles. The van der Waals surface area contributed by atoms with E-state index in [0.717, 1.165) is 37.2 Å². The van der Waals surface area contributed by atoms with Crippen LogP contribution in [0.2, 0.25) is 0 Å². The molecule has 0 radical (unpaired) electrons. The number of benzene rings is 1. The topological polar surface area (TPSA) is 52.6 Å². The minimum Gasteiger partial charge on any atom is -0.392 e.